The molecular weight excluding hydrogens is 240 g/mol. The summed E-state index contributed by atoms with van der Waals surface area (Å²) >= 11 is 3.49. The molecule has 0 aromatic heterocycles. The van der Waals surface area contributed by atoms with Crippen molar-refractivity contribution in [3.63, 3.8) is 0 Å². The zero-order chi connectivity index (χ0) is 9.97. The Morgan fingerprint density at radius 2 is 1.93 bits per heavy atom. The Morgan fingerprint density at radius 1 is 1.21 bits per heavy atom. The Hall–Kier alpha value is -0.600. The van der Waals surface area contributed by atoms with Gasteiger partial charge in [-0.15, -0.1) is 0 Å². The maximum atomic E-state index is 9.70. The second kappa shape index (κ2) is 4.28. The van der Waals surface area contributed by atoms with E-state index in [1.165, 1.54) is 11.1 Å². The van der Waals surface area contributed by atoms with Crippen LogP contribution in [0.25, 0.3) is 5.57 Å². The second-order valence-corrected chi connectivity index (χ2v) is 4.45. The summed E-state index contributed by atoms with van der Waals surface area (Å²) in [5.74, 6) is 0. The number of halogens is 1. The molecule has 0 bridgehead atoms. The van der Waals surface area contributed by atoms with Gasteiger partial charge in [0.2, 0.25) is 0 Å². The molecule has 0 unspecified atom stereocenters. The zero-order valence-electron chi connectivity index (χ0n) is 7.91. The fourth-order valence-corrected chi connectivity index (χ4v) is 2.50. The molecule has 0 amide bonds. The molecule has 0 heterocycles. The number of aliphatic hydroxyl groups is 1. The standard InChI is InChI=1S/C12H13BrO/c13-12-10(7-4-8-11(12)14)9-5-2-1-3-6-9/h1-3,5-6,11,14H,4,7-8H2/t11-/m0/s1. The molecule has 1 N–H and O–H groups in total. The monoisotopic (exact) mass is 252 g/mol. The van der Waals surface area contributed by atoms with Crippen molar-refractivity contribution in [3.05, 3.63) is 40.4 Å². The van der Waals surface area contributed by atoms with Crippen LogP contribution >= 0.6 is 15.9 Å². The highest BCUT2D eigenvalue weighted by molar-refractivity contribution is 9.11. The van der Waals surface area contributed by atoms with E-state index in [-0.39, 0.29) is 6.10 Å². The quantitative estimate of drug-likeness (QED) is 0.813. The lowest BCUT2D eigenvalue weighted by Crippen LogP contribution is -2.12. The third-order valence-corrected chi connectivity index (χ3v) is 3.61. The molecule has 14 heavy (non-hydrogen) atoms. The van der Waals surface area contributed by atoms with Gasteiger partial charge < -0.3 is 5.11 Å². The van der Waals surface area contributed by atoms with Crippen LogP contribution in [0.15, 0.2) is 34.8 Å². The van der Waals surface area contributed by atoms with E-state index in [4.69, 9.17) is 0 Å². The summed E-state index contributed by atoms with van der Waals surface area (Å²) in [7, 11) is 0. The first-order chi connectivity index (χ1) is 6.79. The SMILES string of the molecule is O[C@H]1CCCC(c2ccccc2)=C1Br. The summed E-state index contributed by atoms with van der Waals surface area (Å²) in [6, 6.07) is 10.3. The van der Waals surface area contributed by atoms with Gasteiger partial charge in [0.05, 0.1) is 6.10 Å². The molecule has 2 heteroatoms. The van der Waals surface area contributed by atoms with Gasteiger partial charge in [-0.2, -0.15) is 0 Å². The van der Waals surface area contributed by atoms with Crippen LogP contribution in [0.4, 0.5) is 0 Å². The molecule has 1 atom stereocenters. The molecule has 0 saturated carbocycles. The van der Waals surface area contributed by atoms with Gasteiger partial charge in [-0.25, -0.2) is 0 Å². The Bertz CT molecular complexity index is 343. The van der Waals surface area contributed by atoms with Crippen molar-refractivity contribution in [1.29, 1.82) is 0 Å². The largest absolute Gasteiger partial charge is 0.388 e. The van der Waals surface area contributed by atoms with Crippen molar-refractivity contribution in [2.75, 3.05) is 0 Å². The normalized spacial score (nSPS) is 22.6. The predicted molar refractivity (Wildman–Crippen MR) is 62.1 cm³/mol. The Balaban J connectivity index is 2.38. The highest BCUT2D eigenvalue weighted by Gasteiger charge is 2.19. The average molecular weight is 253 g/mol. The van der Waals surface area contributed by atoms with Crippen LogP contribution in [-0.2, 0) is 0 Å². The van der Waals surface area contributed by atoms with Gasteiger partial charge in [0, 0.05) is 4.48 Å². The molecule has 0 saturated heterocycles. The van der Waals surface area contributed by atoms with Crippen LogP contribution in [0, 0.1) is 0 Å². The van der Waals surface area contributed by atoms with Crippen LogP contribution in [-0.4, -0.2) is 11.2 Å². The van der Waals surface area contributed by atoms with E-state index in [9.17, 15) is 5.11 Å². The molecule has 0 fully saturated rings. The van der Waals surface area contributed by atoms with Crippen LogP contribution in [0.3, 0.4) is 0 Å². The van der Waals surface area contributed by atoms with E-state index in [0.717, 1.165) is 23.7 Å². The molecule has 1 aromatic rings. The summed E-state index contributed by atoms with van der Waals surface area (Å²) in [6.45, 7) is 0. The van der Waals surface area contributed by atoms with Gasteiger partial charge in [-0.3, -0.25) is 0 Å². The van der Waals surface area contributed by atoms with E-state index in [1.807, 2.05) is 18.2 Å². The third-order valence-electron chi connectivity index (χ3n) is 2.61. The molecular formula is C12H13BrO. The fourth-order valence-electron chi connectivity index (χ4n) is 1.84. The van der Waals surface area contributed by atoms with E-state index in [2.05, 4.69) is 28.1 Å². The first-order valence-corrected chi connectivity index (χ1v) is 5.70. The molecule has 74 valence electrons. The van der Waals surface area contributed by atoms with Gasteiger partial charge in [-0.05, 0) is 30.4 Å². The summed E-state index contributed by atoms with van der Waals surface area (Å²) < 4.78 is 0.968. The maximum absolute atomic E-state index is 9.70. The number of allylic oxidation sites excluding steroid dienone is 1. The van der Waals surface area contributed by atoms with Crippen molar-refractivity contribution >= 4 is 21.5 Å². The van der Waals surface area contributed by atoms with Crippen molar-refractivity contribution in [2.24, 2.45) is 0 Å². The highest BCUT2D eigenvalue weighted by Crippen LogP contribution is 2.35. The van der Waals surface area contributed by atoms with E-state index in [0.29, 0.717) is 0 Å². The summed E-state index contributed by atoms with van der Waals surface area (Å²) in [4.78, 5) is 0. The molecule has 1 aliphatic rings. The Morgan fingerprint density at radius 3 is 2.64 bits per heavy atom. The van der Waals surface area contributed by atoms with Gasteiger partial charge in [0.15, 0.2) is 0 Å². The number of hydrogen-bond acceptors (Lipinski definition) is 1. The predicted octanol–water partition coefficient (Wildman–Crippen LogP) is 3.34. The number of rotatable bonds is 1. The van der Waals surface area contributed by atoms with Gasteiger partial charge in [-0.1, -0.05) is 46.3 Å². The van der Waals surface area contributed by atoms with Gasteiger partial charge in [0.1, 0.15) is 0 Å². The lowest BCUT2D eigenvalue weighted by molar-refractivity contribution is 0.203. The van der Waals surface area contributed by atoms with Crippen molar-refractivity contribution in [1.82, 2.24) is 0 Å². The zero-order valence-corrected chi connectivity index (χ0v) is 9.50. The highest BCUT2D eigenvalue weighted by atomic mass is 79.9. The van der Waals surface area contributed by atoms with E-state index in [1.54, 1.807) is 0 Å². The minimum atomic E-state index is -0.307. The van der Waals surface area contributed by atoms with Crippen molar-refractivity contribution < 1.29 is 5.11 Å². The minimum Gasteiger partial charge on any atom is -0.388 e. The van der Waals surface area contributed by atoms with E-state index < -0.39 is 0 Å². The van der Waals surface area contributed by atoms with Crippen molar-refractivity contribution in [2.45, 2.75) is 25.4 Å². The average Bonchev–Trinajstić information content (AvgIpc) is 2.23. The molecule has 1 nitrogen and oxygen atoms in total. The lowest BCUT2D eigenvalue weighted by Gasteiger charge is -2.21. The minimum absolute atomic E-state index is 0.307. The maximum Gasteiger partial charge on any atom is 0.0857 e. The molecule has 1 aromatic carbocycles. The van der Waals surface area contributed by atoms with Crippen LogP contribution < -0.4 is 0 Å². The first kappa shape index (κ1) is 9.94. The smallest absolute Gasteiger partial charge is 0.0857 e. The van der Waals surface area contributed by atoms with Crippen LogP contribution in [0.2, 0.25) is 0 Å². The van der Waals surface area contributed by atoms with E-state index >= 15 is 0 Å². The number of benzene rings is 1. The topological polar surface area (TPSA) is 20.2 Å². The molecule has 0 radical (unpaired) electrons. The van der Waals surface area contributed by atoms with Gasteiger partial charge >= 0.3 is 0 Å². The van der Waals surface area contributed by atoms with Crippen LogP contribution in [0.5, 0.6) is 0 Å². The molecule has 1 aliphatic carbocycles. The molecule has 0 spiro atoms. The summed E-state index contributed by atoms with van der Waals surface area (Å²) in [6.07, 6.45) is 2.69. The number of aliphatic hydroxyl groups excluding tert-OH is 1. The Labute approximate surface area is 92.6 Å². The Kier molecular flexibility index (Phi) is 3.04. The lowest BCUT2D eigenvalue weighted by atomic mass is 9.92. The second-order valence-electron chi connectivity index (χ2n) is 3.60. The molecule has 0 aliphatic heterocycles. The summed E-state index contributed by atoms with van der Waals surface area (Å²) in [5.41, 5.74) is 2.47. The molecule has 2 rings (SSSR count). The fraction of sp³-hybridized carbons (Fsp3) is 0.333. The summed E-state index contributed by atoms with van der Waals surface area (Å²) in [5, 5.41) is 9.70. The first-order valence-electron chi connectivity index (χ1n) is 4.91. The van der Waals surface area contributed by atoms with Gasteiger partial charge in [0.25, 0.3) is 0 Å². The van der Waals surface area contributed by atoms with Crippen LogP contribution in [0.1, 0.15) is 24.8 Å². The number of hydrogen-bond donors (Lipinski definition) is 1. The third kappa shape index (κ3) is 1.91. The van der Waals surface area contributed by atoms with Crippen molar-refractivity contribution in [3.8, 4) is 0 Å².